The minimum atomic E-state index is -2.17. The number of hydrogen-bond donors (Lipinski definition) is 1. The van der Waals surface area contributed by atoms with E-state index in [4.69, 9.17) is 4.55 Å². The van der Waals surface area contributed by atoms with Gasteiger partial charge in [0.2, 0.25) is 0 Å². The zero-order chi connectivity index (χ0) is 9.14. The van der Waals surface area contributed by atoms with Crippen molar-refractivity contribution in [2.45, 2.75) is 13.8 Å². The molecule has 3 nitrogen and oxygen atoms in total. The highest BCUT2D eigenvalue weighted by molar-refractivity contribution is 14.2. The maximum Gasteiger partial charge on any atom is 0.357 e. The highest BCUT2D eigenvalue weighted by Gasteiger charge is 2.05. The predicted octanol–water partition coefficient (Wildman–Crippen LogP) is 2.10. The summed E-state index contributed by atoms with van der Waals surface area (Å²) in [5.74, 6) is 0. The third-order valence-electron chi connectivity index (χ3n) is 1.43. The van der Waals surface area contributed by atoms with Crippen molar-refractivity contribution < 1.29 is 12.9 Å². The molecule has 1 rings (SSSR count). The molecule has 0 saturated heterocycles. The number of hydrogen-bond acceptors (Lipinski definition) is 2. The van der Waals surface area contributed by atoms with Gasteiger partial charge in [0.15, 0.2) is 3.77 Å². The summed E-state index contributed by atoms with van der Waals surface area (Å²) < 4.78 is 26.2. The van der Waals surface area contributed by atoms with Crippen LogP contribution >= 0.6 is 20.7 Å². The van der Waals surface area contributed by atoms with Crippen LogP contribution in [0.4, 0.5) is 0 Å². The Morgan fingerprint density at radius 1 is 1.50 bits per heavy atom. The minimum Gasteiger partial charge on any atom is -0.374 e. The Labute approximate surface area is 83.7 Å². The topological polar surface area (TPSA) is 46.5 Å². The highest BCUT2D eigenvalue weighted by atomic mass is 127. The lowest BCUT2D eigenvalue weighted by atomic mass is 10.2. The first-order valence-electron chi connectivity index (χ1n) is 3.24. The quantitative estimate of drug-likeness (QED) is 0.627. The van der Waals surface area contributed by atoms with Crippen LogP contribution in [0.25, 0.3) is 0 Å². The number of rotatable bonds is 2. The molecular weight excluding hydrogens is 291 g/mol. The third kappa shape index (κ3) is 2.80. The summed E-state index contributed by atoms with van der Waals surface area (Å²) in [7, 11) is 0. The molecule has 0 bridgehead atoms. The summed E-state index contributed by atoms with van der Waals surface area (Å²) in [5.41, 5.74) is 2.33. The SMILES string of the molecule is CC1=C(C)C=C(OS(=O)O)I=C1. The van der Waals surface area contributed by atoms with Crippen molar-refractivity contribution in [2.24, 2.45) is 0 Å². The Morgan fingerprint density at radius 2 is 2.17 bits per heavy atom. The van der Waals surface area contributed by atoms with Gasteiger partial charge >= 0.3 is 11.4 Å². The van der Waals surface area contributed by atoms with Gasteiger partial charge in [0, 0.05) is 0 Å². The second-order valence-electron chi connectivity index (χ2n) is 2.33. The Hall–Kier alpha value is -0.0100. The van der Waals surface area contributed by atoms with Crippen molar-refractivity contribution in [3.63, 3.8) is 0 Å². The molecule has 0 saturated carbocycles. The van der Waals surface area contributed by atoms with Crippen LogP contribution in [-0.2, 0) is 15.5 Å². The molecule has 1 unspecified atom stereocenters. The zero-order valence-corrected chi connectivity index (χ0v) is 9.68. The first kappa shape index (κ1) is 10.1. The van der Waals surface area contributed by atoms with E-state index in [2.05, 4.69) is 8.19 Å². The predicted molar refractivity (Wildman–Crippen MR) is 58.4 cm³/mol. The second-order valence-corrected chi connectivity index (χ2v) is 5.24. The molecule has 0 aliphatic carbocycles. The van der Waals surface area contributed by atoms with Gasteiger partial charge in [-0.3, -0.25) is 4.55 Å². The van der Waals surface area contributed by atoms with E-state index >= 15 is 0 Å². The van der Waals surface area contributed by atoms with E-state index in [1.165, 1.54) is 5.57 Å². The standard InChI is InChI=1S/C7H9IO3S/c1-5-3-7(11-12(9)10)8-4-6(5)2/h3-4H,1-2H3,(H,9,10). The molecule has 0 fully saturated rings. The largest absolute Gasteiger partial charge is 0.374 e. The van der Waals surface area contributed by atoms with Gasteiger partial charge in [-0.2, -0.15) is 4.21 Å². The lowest BCUT2D eigenvalue weighted by Gasteiger charge is -2.06. The van der Waals surface area contributed by atoms with Gasteiger partial charge in [0.05, 0.1) is 0 Å². The Kier molecular flexibility index (Phi) is 3.60. The fourth-order valence-corrected chi connectivity index (χ4v) is 3.55. The maximum absolute atomic E-state index is 10.3. The molecule has 5 heteroatoms. The number of allylic oxidation sites excluding steroid dienone is 3. The van der Waals surface area contributed by atoms with Gasteiger partial charge in [0.25, 0.3) is 0 Å². The summed E-state index contributed by atoms with van der Waals surface area (Å²) in [6.45, 7) is 3.98. The van der Waals surface area contributed by atoms with E-state index in [0.717, 1.165) is 5.57 Å². The first-order chi connectivity index (χ1) is 5.59. The van der Waals surface area contributed by atoms with Crippen molar-refractivity contribution >= 4 is 36.1 Å². The fourth-order valence-electron chi connectivity index (χ4n) is 0.648. The van der Waals surface area contributed by atoms with E-state index in [-0.39, 0.29) is 20.7 Å². The average molecular weight is 300 g/mol. The Balaban J connectivity index is 2.79. The van der Waals surface area contributed by atoms with E-state index in [9.17, 15) is 4.21 Å². The molecule has 0 spiro atoms. The van der Waals surface area contributed by atoms with Gasteiger partial charge in [-0.05, 0) is 55.8 Å². The smallest absolute Gasteiger partial charge is 0.357 e. The summed E-state index contributed by atoms with van der Waals surface area (Å²) in [4.78, 5) is 0. The normalized spacial score (nSPS) is 19.8. The molecule has 0 aromatic rings. The number of halogens is 1. The van der Waals surface area contributed by atoms with E-state index in [1.807, 2.05) is 19.9 Å². The van der Waals surface area contributed by atoms with Gasteiger partial charge in [-0.1, -0.05) is 0 Å². The van der Waals surface area contributed by atoms with Crippen LogP contribution in [0, 0.1) is 0 Å². The monoisotopic (exact) mass is 300 g/mol. The van der Waals surface area contributed by atoms with Crippen molar-refractivity contribution in [1.82, 2.24) is 0 Å². The van der Waals surface area contributed by atoms with Crippen molar-refractivity contribution in [3.8, 4) is 0 Å². The summed E-state index contributed by atoms with van der Waals surface area (Å²) in [6, 6.07) is 0. The van der Waals surface area contributed by atoms with Gasteiger partial charge in [0.1, 0.15) is 0 Å². The van der Waals surface area contributed by atoms with Gasteiger partial charge in [-0.25, -0.2) is 0 Å². The third-order valence-corrected chi connectivity index (χ3v) is 4.44. The van der Waals surface area contributed by atoms with Crippen LogP contribution in [0.5, 0.6) is 0 Å². The molecule has 1 aliphatic rings. The molecule has 68 valence electrons. The lowest BCUT2D eigenvalue weighted by molar-refractivity contribution is 0.415. The molecule has 0 aromatic heterocycles. The molecule has 1 N–H and O–H groups in total. The molecule has 0 aromatic carbocycles. The van der Waals surface area contributed by atoms with E-state index in [1.54, 1.807) is 0 Å². The van der Waals surface area contributed by atoms with Crippen LogP contribution in [0.2, 0.25) is 0 Å². The molecule has 12 heavy (non-hydrogen) atoms. The summed E-state index contributed by atoms with van der Waals surface area (Å²) >= 11 is -2.52. The minimum absolute atomic E-state index is 0.349. The van der Waals surface area contributed by atoms with Crippen molar-refractivity contribution in [3.05, 3.63) is 21.0 Å². The Bertz CT molecular complexity index is 304. The van der Waals surface area contributed by atoms with E-state index in [0.29, 0.717) is 3.77 Å². The fraction of sp³-hybridized carbons (Fsp3) is 0.286. The molecule has 1 heterocycles. The average Bonchev–Trinajstić information content (AvgIpc) is 1.96. The van der Waals surface area contributed by atoms with Crippen molar-refractivity contribution in [1.29, 1.82) is 0 Å². The van der Waals surface area contributed by atoms with Crippen LogP contribution in [0.3, 0.4) is 0 Å². The summed E-state index contributed by atoms with van der Waals surface area (Å²) in [6.07, 6.45) is 1.83. The first-order valence-corrected chi connectivity index (χ1v) is 6.60. The van der Waals surface area contributed by atoms with Gasteiger partial charge < -0.3 is 4.18 Å². The maximum atomic E-state index is 10.3. The van der Waals surface area contributed by atoms with Crippen LogP contribution < -0.4 is 0 Å². The molecule has 0 amide bonds. The molecule has 0 radical (unpaired) electrons. The van der Waals surface area contributed by atoms with Crippen molar-refractivity contribution in [2.75, 3.05) is 0 Å². The lowest BCUT2D eigenvalue weighted by Crippen LogP contribution is -1.95. The summed E-state index contributed by atoms with van der Waals surface area (Å²) in [5, 5.41) is 0. The molecular formula is C7H9IO3S. The van der Waals surface area contributed by atoms with E-state index < -0.39 is 11.4 Å². The van der Waals surface area contributed by atoms with Gasteiger partial charge in [-0.15, -0.1) is 0 Å². The van der Waals surface area contributed by atoms with Crippen LogP contribution in [-0.4, -0.2) is 12.8 Å². The van der Waals surface area contributed by atoms with Crippen LogP contribution in [0.15, 0.2) is 21.0 Å². The highest BCUT2D eigenvalue weighted by Crippen LogP contribution is 2.25. The van der Waals surface area contributed by atoms with Crippen LogP contribution in [0.1, 0.15) is 13.8 Å². The zero-order valence-electron chi connectivity index (χ0n) is 6.70. The Morgan fingerprint density at radius 3 is 2.67 bits per heavy atom. The molecule has 1 atom stereocenters. The molecule has 1 aliphatic heterocycles. The second kappa shape index (κ2) is 4.29.